The van der Waals surface area contributed by atoms with Crippen molar-refractivity contribution in [2.45, 2.75) is 45.3 Å². The summed E-state index contributed by atoms with van der Waals surface area (Å²) >= 11 is 0. The van der Waals surface area contributed by atoms with Crippen LogP contribution in [0, 0.1) is 11.6 Å². The smallest absolute Gasteiger partial charge is 0.159 e. The maximum atomic E-state index is 13.3. The van der Waals surface area contributed by atoms with Gasteiger partial charge in [-0.2, -0.15) is 0 Å². The normalized spacial score (nSPS) is 13.7. The fraction of sp³-hybridized carbons (Fsp3) is 0.571. The SMILES string of the molecule is CCOC(CC)(CC)C(N)c1ccc(F)c(F)c1. The van der Waals surface area contributed by atoms with Gasteiger partial charge in [-0.1, -0.05) is 19.9 Å². The highest BCUT2D eigenvalue weighted by Crippen LogP contribution is 2.34. The summed E-state index contributed by atoms with van der Waals surface area (Å²) in [6.07, 6.45) is 1.44. The van der Waals surface area contributed by atoms with E-state index in [2.05, 4.69) is 0 Å². The molecule has 0 saturated carbocycles. The van der Waals surface area contributed by atoms with Crippen LogP contribution in [0.1, 0.15) is 45.2 Å². The molecule has 18 heavy (non-hydrogen) atoms. The summed E-state index contributed by atoms with van der Waals surface area (Å²) in [6.45, 7) is 6.41. The molecule has 1 unspecified atom stereocenters. The lowest BCUT2D eigenvalue weighted by atomic mass is 9.84. The van der Waals surface area contributed by atoms with Crippen molar-refractivity contribution in [1.82, 2.24) is 0 Å². The number of ether oxygens (including phenoxy) is 1. The second-order valence-electron chi connectivity index (χ2n) is 4.36. The van der Waals surface area contributed by atoms with Crippen molar-refractivity contribution in [3.63, 3.8) is 0 Å². The molecule has 1 aromatic carbocycles. The number of rotatable bonds is 6. The van der Waals surface area contributed by atoms with Crippen LogP contribution >= 0.6 is 0 Å². The summed E-state index contributed by atoms with van der Waals surface area (Å²) in [5.74, 6) is -1.73. The zero-order valence-corrected chi connectivity index (χ0v) is 11.2. The Hall–Kier alpha value is -1.00. The van der Waals surface area contributed by atoms with Crippen LogP contribution in [0.15, 0.2) is 18.2 Å². The molecule has 2 N–H and O–H groups in total. The Kier molecular flexibility index (Phi) is 5.23. The fourth-order valence-corrected chi connectivity index (χ4v) is 2.28. The van der Waals surface area contributed by atoms with Crippen molar-refractivity contribution in [1.29, 1.82) is 0 Å². The summed E-state index contributed by atoms with van der Waals surface area (Å²) in [4.78, 5) is 0. The van der Waals surface area contributed by atoms with Crippen LogP contribution in [-0.4, -0.2) is 12.2 Å². The molecule has 1 aromatic rings. The molecule has 102 valence electrons. The van der Waals surface area contributed by atoms with Crippen molar-refractivity contribution >= 4 is 0 Å². The van der Waals surface area contributed by atoms with Gasteiger partial charge in [-0.3, -0.25) is 0 Å². The first-order valence-corrected chi connectivity index (χ1v) is 6.35. The van der Waals surface area contributed by atoms with Crippen LogP contribution < -0.4 is 5.73 Å². The highest BCUT2D eigenvalue weighted by Gasteiger charge is 2.35. The minimum atomic E-state index is -0.874. The summed E-state index contributed by atoms with van der Waals surface area (Å²) in [5, 5.41) is 0. The van der Waals surface area contributed by atoms with Crippen molar-refractivity contribution in [3.05, 3.63) is 35.4 Å². The molecule has 4 heteroatoms. The number of hydrogen-bond donors (Lipinski definition) is 1. The van der Waals surface area contributed by atoms with Gasteiger partial charge in [0.2, 0.25) is 0 Å². The van der Waals surface area contributed by atoms with E-state index in [4.69, 9.17) is 10.5 Å². The first kappa shape index (κ1) is 15.1. The molecule has 2 nitrogen and oxygen atoms in total. The topological polar surface area (TPSA) is 35.2 Å². The number of nitrogens with two attached hydrogens (primary N) is 1. The Morgan fingerprint density at radius 2 is 1.78 bits per heavy atom. The monoisotopic (exact) mass is 257 g/mol. The molecule has 0 saturated heterocycles. The van der Waals surface area contributed by atoms with Crippen LogP contribution in [0.25, 0.3) is 0 Å². The number of halogens is 2. The molecular weight excluding hydrogens is 236 g/mol. The first-order valence-electron chi connectivity index (χ1n) is 6.35. The van der Waals surface area contributed by atoms with Crippen LogP contribution in [0.3, 0.4) is 0 Å². The van der Waals surface area contributed by atoms with E-state index in [0.717, 1.165) is 25.0 Å². The summed E-state index contributed by atoms with van der Waals surface area (Å²) in [6, 6.07) is 3.30. The van der Waals surface area contributed by atoms with Gasteiger partial charge in [-0.15, -0.1) is 0 Å². The van der Waals surface area contributed by atoms with Crippen LogP contribution in [0.5, 0.6) is 0 Å². The molecule has 0 heterocycles. The molecule has 0 amide bonds. The van der Waals surface area contributed by atoms with Crippen molar-refractivity contribution in [2.75, 3.05) is 6.61 Å². The minimum Gasteiger partial charge on any atom is -0.373 e. The summed E-state index contributed by atoms with van der Waals surface area (Å²) in [5.41, 5.74) is 6.22. The van der Waals surface area contributed by atoms with E-state index < -0.39 is 23.3 Å². The average molecular weight is 257 g/mol. The number of benzene rings is 1. The molecule has 1 atom stereocenters. The largest absolute Gasteiger partial charge is 0.373 e. The van der Waals surface area contributed by atoms with Crippen LogP contribution in [-0.2, 0) is 4.74 Å². The molecule has 0 aliphatic rings. The molecule has 0 radical (unpaired) electrons. The van der Waals surface area contributed by atoms with Crippen molar-refractivity contribution in [2.24, 2.45) is 5.73 Å². The van der Waals surface area contributed by atoms with Crippen molar-refractivity contribution < 1.29 is 13.5 Å². The van der Waals surface area contributed by atoms with Gasteiger partial charge >= 0.3 is 0 Å². The van der Waals surface area contributed by atoms with Crippen LogP contribution in [0.4, 0.5) is 8.78 Å². The highest BCUT2D eigenvalue weighted by atomic mass is 19.2. The predicted octanol–water partition coefficient (Wildman–Crippen LogP) is 3.56. The zero-order chi connectivity index (χ0) is 13.8. The average Bonchev–Trinajstić information content (AvgIpc) is 2.38. The maximum Gasteiger partial charge on any atom is 0.159 e. The Labute approximate surface area is 107 Å². The van der Waals surface area contributed by atoms with Gasteiger partial charge in [0.15, 0.2) is 11.6 Å². The Bertz CT molecular complexity index is 391. The molecule has 0 bridgehead atoms. The van der Waals surface area contributed by atoms with E-state index in [1.807, 2.05) is 20.8 Å². The van der Waals surface area contributed by atoms with E-state index in [1.165, 1.54) is 6.07 Å². The van der Waals surface area contributed by atoms with Gasteiger partial charge in [0.1, 0.15) is 0 Å². The molecule has 0 aliphatic carbocycles. The van der Waals surface area contributed by atoms with E-state index in [-0.39, 0.29) is 0 Å². The third kappa shape index (κ3) is 2.87. The Morgan fingerprint density at radius 1 is 1.17 bits per heavy atom. The Morgan fingerprint density at radius 3 is 2.22 bits per heavy atom. The molecule has 0 aromatic heterocycles. The lowest BCUT2D eigenvalue weighted by Gasteiger charge is -2.37. The maximum absolute atomic E-state index is 13.3. The van der Waals surface area contributed by atoms with Gasteiger partial charge in [-0.25, -0.2) is 8.78 Å². The third-order valence-corrected chi connectivity index (χ3v) is 3.50. The van der Waals surface area contributed by atoms with Gasteiger partial charge in [0.25, 0.3) is 0 Å². The highest BCUT2D eigenvalue weighted by molar-refractivity contribution is 5.24. The van der Waals surface area contributed by atoms with Gasteiger partial charge < -0.3 is 10.5 Å². The van der Waals surface area contributed by atoms with Gasteiger partial charge in [0.05, 0.1) is 11.6 Å². The zero-order valence-electron chi connectivity index (χ0n) is 11.2. The predicted molar refractivity (Wildman–Crippen MR) is 68.2 cm³/mol. The van der Waals surface area contributed by atoms with Gasteiger partial charge in [0, 0.05) is 6.61 Å². The standard InChI is InChI=1S/C14H21F2NO/c1-4-14(5-2,18-6-3)13(17)10-7-8-11(15)12(16)9-10/h7-9,13H,4-6,17H2,1-3H3. The molecule has 0 aliphatic heterocycles. The van der Waals surface area contributed by atoms with E-state index in [9.17, 15) is 8.78 Å². The van der Waals surface area contributed by atoms with E-state index in [1.54, 1.807) is 0 Å². The minimum absolute atomic E-state index is 0.470. The second-order valence-corrected chi connectivity index (χ2v) is 4.36. The quantitative estimate of drug-likeness (QED) is 0.845. The number of hydrogen-bond acceptors (Lipinski definition) is 2. The molecular formula is C14H21F2NO. The summed E-state index contributed by atoms with van der Waals surface area (Å²) in [7, 11) is 0. The first-order chi connectivity index (χ1) is 8.50. The second kappa shape index (κ2) is 6.25. The Balaban J connectivity index is 3.08. The molecule has 0 fully saturated rings. The fourth-order valence-electron chi connectivity index (χ4n) is 2.28. The summed E-state index contributed by atoms with van der Waals surface area (Å²) < 4.78 is 31.9. The third-order valence-electron chi connectivity index (χ3n) is 3.50. The van der Waals surface area contributed by atoms with Gasteiger partial charge in [-0.05, 0) is 37.5 Å². The lowest BCUT2D eigenvalue weighted by molar-refractivity contribution is -0.0646. The van der Waals surface area contributed by atoms with E-state index >= 15 is 0 Å². The van der Waals surface area contributed by atoms with Crippen LogP contribution in [0.2, 0.25) is 0 Å². The lowest BCUT2D eigenvalue weighted by Crippen LogP contribution is -2.43. The van der Waals surface area contributed by atoms with Crippen molar-refractivity contribution in [3.8, 4) is 0 Å². The molecule has 1 rings (SSSR count). The van der Waals surface area contributed by atoms with E-state index in [0.29, 0.717) is 12.2 Å². The molecule has 0 spiro atoms.